The fourth-order valence-electron chi connectivity index (χ4n) is 2.48. The number of nitrogen functional groups attached to an aromatic ring is 1. The molecule has 5 atom stereocenters. The molecule has 151 valence electrons. The Hall–Kier alpha value is 0.126. The van der Waals surface area contributed by atoms with Crippen molar-refractivity contribution in [3.05, 3.63) is 12.7 Å². The molecule has 1 aliphatic heterocycles. The van der Waals surface area contributed by atoms with E-state index in [0.29, 0.717) is 0 Å². The van der Waals surface area contributed by atoms with Crippen LogP contribution in [0.2, 0.25) is 0 Å². The Morgan fingerprint density at radius 1 is 1.18 bits per heavy atom. The normalized spacial score (nSPS) is 27.5. The molecule has 15 nitrogen and oxygen atoms in total. The van der Waals surface area contributed by atoms with Crippen molar-refractivity contribution in [2.24, 2.45) is 0 Å². The fourth-order valence-corrected chi connectivity index (χ4v) is 4.08. The van der Waals surface area contributed by atoms with Gasteiger partial charge in [-0.3, -0.25) is 9.09 Å². The van der Waals surface area contributed by atoms with Gasteiger partial charge in [-0.15, -0.1) is 0 Å². The predicted octanol–water partition coefficient (Wildman–Crippen LogP) is -2.13. The van der Waals surface area contributed by atoms with Gasteiger partial charge < -0.3 is 35.4 Å². The molecule has 1 aliphatic rings. The summed E-state index contributed by atoms with van der Waals surface area (Å²) in [7, 11) is -10.4. The zero-order chi connectivity index (χ0) is 20.0. The molecular weight excluding hydrogens is 451 g/mol. The predicted molar refractivity (Wildman–Crippen MR) is 90.3 cm³/mol. The minimum atomic E-state index is -5.29. The van der Waals surface area contributed by atoms with Crippen LogP contribution in [0.1, 0.15) is 6.23 Å². The summed E-state index contributed by atoms with van der Waals surface area (Å²) in [4.78, 5) is 38.1. The van der Waals surface area contributed by atoms with Crippen molar-refractivity contribution >= 4 is 84.0 Å². The molecule has 0 bridgehead atoms. The van der Waals surface area contributed by atoms with Crippen molar-refractivity contribution in [2.45, 2.75) is 24.5 Å². The number of ether oxygens (including phenoxy) is 1. The van der Waals surface area contributed by atoms with Crippen LogP contribution < -0.4 is 5.73 Å². The van der Waals surface area contributed by atoms with Gasteiger partial charge in [-0.1, -0.05) is 0 Å². The van der Waals surface area contributed by atoms with Crippen LogP contribution in [-0.4, -0.2) is 121 Å². The fraction of sp³-hybridized carbons (Fsp3) is 0.500. The molecule has 28 heavy (non-hydrogen) atoms. The van der Waals surface area contributed by atoms with Crippen LogP contribution in [0.25, 0.3) is 11.2 Å². The van der Waals surface area contributed by atoms with Crippen molar-refractivity contribution in [3.8, 4) is 0 Å². The molecule has 18 heteroatoms. The smallest absolute Gasteiger partial charge is 0.387 e. The van der Waals surface area contributed by atoms with Gasteiger partial charge in [-0.05, 0) is 0 Å². The van der Waals surface area contributed by atoms with E-state index in [1.807, 2.05) is 0 Å². The van der Waals surface area contributed by atoms with Crippen molar-refractivity contribution < 1.29 is 47.6 Å². The Bertz CT molecular complexity index is 938. The van der Waals surface area contributed by atoms with Gasteiger partial charge in [-0.25, -0.2) is 24.1 Å². The molecular formula is C10H15KN5O10P2. The molecule has 0 spiro atoms. The SMILES string of the molecule is Nc1ncnc2c1ncn2[C@@H]1O[C@H](COP(=O)(O)OP(=O)(O)O)[C@@H](O)[C@H]1O.[K]. The summed E-state index contributed by atoms with van der Waals surface area (Å²) < 4.78 is 36.8. The van der Waals surface area contributed by atoms with Crippen molar-refractivity contribution in [1.29, 1.82) is 0 Å². The summed E-state index contributed by atoms with van der Waals surface area (Å²) in [6.07, 6.45) is -3.20. The third-order valence-electron chi connectivity index (χ3n) is 3.61. The third-order valence-corrected chi connectivity index (χ3v) is 5.76. The number of nitrogens with zero attached hydrogens (tertiary/aromatic N) is 4. The molecule has 1 unspecified atom stereocenters. The molecule has 0 aliphatic carbocycles. The van der Waals surface area contributed by atoms with Crippen LogP contribution in [0.4, 0.5) is 5.82 Å². The molecule has 0 aromatic carbocycles. The van der Waals surface area contributed by atoms with Gasteiger partial charge >= 0.3 is 15.6 Å². The average Bonchev–Trinajstić information content (AvgIpc) is 3.07. The first kappa shape index (κ1) is 24.4. The van der Waals surface area contributed by atoms with Gasteiger partial charge in [0.1, 0.15) is 30.2 Å². The number of nitrogens with two attached hydrogens (primary N) is 1. The van der Waals surface area contributed by atoms with Gasteiger partial charge in [0.05, 0.1) is 12.9 Å². The Balaban J connectivity index is 0.00000280. The number of anilines is 1. The van der Waals surface area contributed by atoms with Crippen molar-refractivity contribution in [3.63, 3.8) is 0 Å². The number of phosphoric acid groups is 2. The first-order valence-electron chi connectivity index (χ1n) is 7.17. The van der Waals surface area contributed by atoms with Gasteiger partial charge in [0, 0.05) is 51.4 Å². The van der Waals surface area contributed by atoms with Crippen molar-refractivity contribution in [2.75, 3.05) is 12.3 Å². The van der Waals surface area contributed by atoms with Crippen LogP contribution in [0.5, 0.6) is 0 Å². The maximum atomic E-state index is 11.5. The van der Waals surface area contributed by atoms with E-state index in [1.165, 1.54) is 10.9 Å². The van der Waals surface area contributed by atoms with E-state index in [-0.39, 0.29) is 68.4 Å². The number of fused-ring (bicyclic) bond motifs is 1. The van der Waals surface area contributed by atoms with Crippen LogP contribution >= 0.6 is 15.6 Å². The van der Waals surface area contributed by atoms with E-state index < -0.39 is 46.8 Å². The molecule has 1 radical (unpaired) electrons. The molecule has 1 saturated heterocycles. The number of rotatable bonds is 6. The van der Waals surface area contributed by atoms with Gasteiger partial charge in [0.2, 0.25) is 0 Å². The second-order valence-electron chi connectivity index (χ2n) is 5.47. The number of phosphoric ester groups is 1. The molecule has 7 N–H and O–H groups in total. The van der Waals surface area contributed by atoms with E-state index in [4.69, 9.17) is 20.3 Å². The zero-order valence-corrected chi connectivity index (χ0v) is 19.1. The molecule has 0 amide bonds. The number of aromatic nitrogens is 4. The Morgan fingerprint density at radius 2 is 1.86 bits per heavy atom. The van der Waals surface area contributed by atoms with Crippen LogP contribution in [0, 0.1) is 0 Å². The molecule has 0 saturated carbocycles. The monoisotopic (exact) mass is 466 g/mol. The minimum Gasteiger partial charge on any atom is -0.387 e. The molecule has 2 aromatic heterocycles. The van der Waals surface area contributed by atoms with E-state index >= 15 is 0 Å². The number of aliphatic hydroxyl groups is 2. The largest absolute Gasteiger partial charge is 0.481 e. The minimum absolute atomic E-state index is 0. The number of hydrogen-bond acceptors (Lipinski definition) is 11. The van der Waals surface area contributed by atoms with E-state index in [9.17, 15) is 24.2 Å². The topological polar surface area (TPSA) is 233 Å². The summed E-state index contributed by atoms with van der Waals surface area (Å²) in [6, 6.07) is 0. The summed E-state index contributed by atoms with van der Waals surface area (Å²) in [5.41, 5.74) is 6.11. The van der Waals surface area contributed by atoms with Crippen LogP contribution in [0.15, 0.2) is 12.7 Å². The Kier molecular flexibility index (Phi) is 7.92. The maximum Gasteiger partial charge on any atom is 0.481 e. The average molecular weight is 466 g/mol. The van der Waals surface area contributed by atoms with E-state index in [1.54, 1.807) is 0 Å². The summed E-state index contributed by atoms with van der Waals surface area (Å²) in [5, 5.41) is 20.3. The molecule has 2 aromatic rings. The third kappa shape index (κ3) is 5.43. The maximum absolute atomic E-state index is 11.5. The number of aliphatic hydroxyl groups excluding tert-OH is 2. The first-order valence-corrected chi connectivity index (χ1v) is 10.2. The zero-order valence-electron chi connectivity index (χ0n) is 14.2. The Labute approximate surface area is 199 Å². The molecule has 3 rings (SSSR count). The van der Waals surface area contributed by atoms with Crippen LogP contribution in [-0.2, 0) is 22.7 Å². The standard InChI is InChI=1S/C10H15N5O10P2.K/c11-8-5-9(13-2-12-8)15(3-14-5)10-7(17)6(16)4(24-10)1-23-27(21,22)25-26(18,19)20;/h2-4,6-7,10,16-17H,1H2,(H,21,22)(H2,11,12,13)(H2,18,19,20);/t4-,6-,7-,10-;/m1./s1. The second kappa shape index (κ2) is 9.09. The van der Waals surface area contributed by atoms with Crippen molar-refractivity contribution in [1.82, 2.24) is 19.5 Å². The first-order chi connectivity index (χ1) is 12.5. The van der Waals surface area contributed by atoms with E-state index in [0.717, 1.165) is 6.33 Å². The second-order valence-corrected chi connectivity index (χ2v) is 8.30. The molecule has 1 fully saturated rings. The number of imidazole rings is 1. The quantitative estimate of drug-likeness (QED) is 0.197. The summed E-state index contributed by atoms with van der Waals surface area (Å²) >= 11 is 0. The molecule has 3 heterocycles. The Morgan fingerprint density at radius 3 is 2.50 bits per heavy atom. The van der Waals surface area contributed by atoms with Gasteiger partial charge in [-0.2, -0.15) is 4.31 Å². The van der Waals surface area contributed by atoms with Gasteiger partial charge in [0.15, 0.2) is 17.7 Å². The van der Waals surface area contributed by atoms with Gasteiger partial charge in [0.25, 0.3) is 0 Å². The summed E-state index contributed by atoms with van der Waals surface area (Å²) in [5.74, 6) is 0.0856. The number of hydrogen-bond donors (Lipinski definition) is 6. The van der Waals surface area contributed by atoms with Crippen LogP contribution in [0.3, 0.4) is 0 Å². The summed E-state index contributed by atoms with van der Waals surface area (Å²) in [6.45, 7) is -0.813. The van der Waals surface area contributed by atoms with E-state index in [2.05, 4.69) is 23.8 Å².